The van der Waals surface area contributed by atoms with Crippen LogP contribution in [0.5, 0.6) is 0 Å². The predicted octanol–water partition coefficient (Wildman–Crippen LogP) is 2.87. The van der Waals surface area contributed by atoms with E-state index in [1.807, 2.05) is 32.3 Å². The van der Waals surface area contributed by atoms with Crippen LogP contribution in [-0.2, 0) is 11.3 Å². The van der Waals surface area contributed by atoms with Crippen molar-refractivity contribution >= 4 is 23.3 Å². The molecule has 0 aliphatic carbocycles. The Bertz CT molecular complexity index is 414. The lowest BCUT2D eigenvalue weighted by atomic mass is 10.1. The van der Waals surface area contributed by atoms with E-state index in [1.54, 1.807) is 11.9 Å². The molecule has 1 aromatic rings. The summed E-state index contributed by atoms with van der Waals surface area (Å²) in [5.74, 6) is 1.74. The molecule has 1 unspecified atom stereocenters. The van der Waals surface area contributed by atoms with Crippen LogP contribution in [-0.4, -0.2) is 22.5 Å². The topological polar surface area (TPSA) is 38.1 Å². The van der Waals surface area contributed by atoms with Crippen molar-refractivity contribution in [1.29, 1.82) is 0 Å². The van der Waals surface area contributed by atoms with Crippen molar-refractivity contribution in [2.24, 2.45) is 5.92 Å². The lowest BCUT2D eigenvalue weighted by Gasteiger charge is -2.17. The van der Waals surface area contributed by atoms with Gasteiger partial charge in [0.15, 0.2) is 11.0 Å². The number of carbonyl (C=O) groups is 1. The highest BCUT2D eigenvalue weighted by Crippen LogP contribution is 2.30. The van der Waals surface area contributed by atoms with Gasteiger partial charge in [0.1, 0.15) is 5.82 Å². The number of hydrogen-bond donors (Lipinski definition) is 0. The summed E-state index contributed by atoms with van der Waals surface area (Å²) in [5, 5.41) is 0.414. The third-order valence-electron chi connectivity index (χ3n) is 2.95. The molecule has 0 bridgehead atoms. The molecule has 1 amide bonds. The summed E-state index contributed by atoms with van der Waals surface area (Å²) in [6.07, 6.45) is 0.837. The van der Waals surface area contributed by atoms with Gasteiger partial charge in [0, 0.05) is 19.5 Å². The first-order chi connectivity index (χ1) is 8.02. The van der Waals surface area contributed by atoms with Gasteiger partial charge < -0.3 is 4.57 Å². The van der Waals surface area contributed by atoms with Crippen LogP contribution in [0.3, 0.4) is 0 Å². The molecule has 0 N–H and O–H groups in total. The molecule has 0 saturated heterocycles. The van der Waals surface area contributed by atoms with Gasteiger partial charge in [0.05, 0.1) is 0 Å². The van der Waals surface area contributed by atoms with Gasteiger partial charge in [0.25, 0.3) is 0 Å². The summed E-state index contributed by atoms with van der Waals surface area (Å²) < 4.78 is 2.00. The Labute approximate surface area is 108 Å². The van der Waals surface area contributed by atoms with Crippen LogP contribution in [0.25, 0.3) is 0 Å². The Morgan fingerprint density at radius 3 is 2.59 bits per heavy atom. The van der Waals surface area contributed by atoms with Crippen LogP contribution in [0.2, 0.25) is 5.15 Å². The van der Waals surface area contributed by atoms with Crippen molar-refractivity contribution < 1.29 is 4.79 Å². The van der Waals surface area contributed by atoms with Crippen LogP contribution >= 0.6 is 11.6 Å². The van der Waals surface area contributed by atoms with Gasteiger partial charge in [-0.2, -0.15) is 0 Å². The quantitative estimate of drug-likeness (QED) is 0.717. The summed E-state index contributed by atoms with van der Waals surface area (Å²) in [6.45, 7) is 8.66. The van der Waals surface area contributed by atoms with E-state index in [0.29, 0.717) is 5.15 Å². The number of aromatic nitrogens is 2. The molecule has 0 saturated carbocycles. The molecule has 0 spiro atoms. The number of imidazole rings is 1. The van der Waals surface area contributed by atoms with E-state index >= 15 is 0 Å². The van der Waals surface area contributed by atoms with Gasteiger partial charge in [-0.05, 0) is 13.3 Å². The SMILES string of the molecule is CC.Cc1nc(Cl)c2n1CCC(C)C(=O)N2C. The lowest BCUT2D eigenvalue weighted by molar-refractivity contribution is -0.121. The monoisotopic (exact) mass is 257 g/mol. The highest BCUT2D eigenvalue weighted by atomic mass is 35.5. The van der Waals surface area contributed by atoms with Crippen molar-refractivity contribution in [3.05, 3.63) is 11.0 Å². The van der Waals surface area contributed by atoms with E-state index in [0.717, 1.165) is 24.6 Å². The molecule has 5 heteroatoms. The summed E-state index contributed by atoms with van der Waals surface area (Å²) in [7, 11) is 1.75. The smallest absolute Gasteiger partial charge is 0.230 e. The molecule has 96 valence electrons. The molecular weight excluding hydrogens is 238 g/mol. The second kappa shape index (κ2) is 5.54. The van der Waals surface area contributed by atoms with E-state index in [-0.39, 0.29) is 11.8 Å². The van der Waals surface area contributed by atoms with E-state index in [4.69, 9.17) is 11.6 Å². The second-order valence-electron chi connectivity index (χ2n) is 4.01. The fourth-order valence-electron chi connectivity index (χ4n) is 1.99. The fourth-order valence-corrected chi connectivity index (χ4v) is 2.34. The fraction of sp³-hybridized carbons (Fsp3) is 0.667. The Balaban J connectivity index is 0.000000686. The summed E-state index contributed by atoms with van der Waals surface area (Å²) in [6, 6.07) is 0. The zero-order valence-electron chi connectivity index (χ0n) is 11.1. The minimum Gasteiger partial charge on any atom is -0.313 e. The molecule has 2 heterocycles. The molecule has 2 rings (SSSR count). The molecule has 1 aliphatic heterocycles. The van der Waals surface area contributed by atoms with Crippen LogP contribution in [0, 0.1) is 12.8 Å². The molecule has 1 aromatic heterocycles. The minimum atomic E-state index is 0.0466. The molecular formula is C12H20ClN3O. The zero-order chi connectivity index (χ0) is 13.2. The molecule has 0 fully saturated rings. The molecule has 0 aromatic carbocycles. The Morgan fingerprint density at radius 1 is 1.41 bits per heavy atom. The van der Waals surface area contributed by atoms with Crippen molar-refractivity contribution in [1.82, 2.24) is 9.55 Å². The van der Waals surface area contributed by atoms with E-state index < -0.39 is 0 Å². The summed E-state index contributed by atoms with van der Waals surface area (Å²) >= 11 is 6.02. The Hall–Kier alpha value is -1.03. The zero-order valence-corrected chi connectivity index (χ0v) is 11.9. The van der Waals surface area contributed by atoms with Crippen molar-refractivity contribution in [3.63, 3.8) is 0 Å². The van der Waals surface area contributed by atoms with Gasteiger partial charge in [-0.3, -0.25) is 9.69 Å². The molecule has 17 heavy (non-hydrogen) atoms. The Morgan fingerprint density at radius 2 is 2.00 bits per heavy atom. The number of carbonyl (C=O) groups excluding carboxylic acids is 1. The highest BCUT2D eigenvalue weighted by molar-refractivity contribution is 6.32. The first-order valence-corrected chi connectivity index (χ1v) is 6.40. The lowest BCUT2D eigenvalue weighted by Crippen LogP contribution is -2.30. The number of nitrogens with zero attached hydrogens (tertiary/aromatic N) is 3. The number of anilines is 1. The maximum absolute atomic E-state index is 11.9. The first-order valence-electron chi connectivity index (χ1n) is 6.02. The van der Waals surface area contributed by atoms with Crippen LogP contribution in [0.4, 0.5) is 5.82 Å². The minimum absolute atomic E-state index is 0.0466. The summed E-state index contributed by atoms with van der Waals surface area (Å²) in [4.78, 5) is 17.7. The number of fused-ring (bicyclic) bond motifs is 1. The van der Waals surface area contributed by atoms with Gasteiger partial charge >= 0.3 is 0 Å². The number of halogens is 1. The largest absolute Gasteiger partial charge is 0.313 e. The number of rotatable bonds is 0. The van der Waals surface area contributed by atoms with Crippen LogP contribution in [0.1, 0.15) is 33.0 Å². The van der Waals surface area contributed by atoms with E-state index in [9.17, 15) is 4.79 Å². The standard InChI is InChI=1S/C10H14ClN3O.C2H6/c1-6-4-5-14-7(2)12-8(11)9(14)13(3)10(6)15;1-2/h6H,4-5H2,1-3H3;1-2H3. The van der Waals surface area contributed by atoms with Crippen molar-refractivity contribution in [3.8, 4) is 0 Å². The van der Waals surface area contributed by atoms with E-state index in [2.05, 4.69) is 4.98 Å². The molecule has 1 atom stereocenters. The van der Waals surface area contributed by atoms with Crippen LogP contribution < -0.4 is 4.90 Å². The third kappa shape index (κ3) is 2.46. The van der Waals surface area contributed by atoms with Crippen molar-refractivity contribution in [2.45, 2.75) is 40.7 Å². The Kier molecular flexibility index (Phi) is 4.57. The average Bonchev–Trinajstić information content (AvgIpc) is 2.55. The maximum atomic E-state index is 11.9. The molecule has 4 nitrogen and oxygen atoms in total. The van der Waals surface area contributed by atoms with Gasteiger partial charge in [-0.25, -0.2) is 4.98 Å². The van der Waals surface area contributed by atoms with Gasteiger partial charge in [-0.1, -0.05) is 32.4 Å². The summed E-state index contributed by atoms with van der Waals surface area (Å²) in [5.41, 5.74) is 0. The number of amides is 1. The predicted molar refractivity (Wildman–Crippen MR) is 70.5 cm³/mol. The highest BCUT2D eigenvalue weighted by Gasteiger charge is 2.28. The van der Waals surface area contributed by atoms with Crippen molar-refractivity contribution in [2.75, 3.05) is 11.9 Å². The average molecular weight is 258 g/mol. The van der Waals surface area contributed by atoms with Crippen LogP contribution in [0.15, 0.2) is 0 Å². The van der Waals surface area contributed by atoms with E-state index in [1.165, 1.54) is 0 Å². The number of aryl methyl sites for hydroxylation is 1. The third-order valence-corrected chi connectivity index (χ3v) is 3.20. The van der Waals surface area contributed by atoms with Gasteiger partial charge in [0.2, 0.25) is 5.91 Å². The normalized spacial score (nSPS) is 19.3. The number of hydrogen-bond acceptors (Lipinski definition) is 2. The van der Waals surface area contributed by atoms with Gasteiger partial charge in [-0.15, -0.1) is 0 Å². The maximum Gasteiger partial charge on any atom is 0.230 e. The molecule has 0 radical (unpaired) electrons. The first kappa shape index (κ1) is 14.0. The second-order valence-corrected chi connectivity index (χ2v) is 4.37. The molecule has 1 aliphatic rings.